The molecule has 1 aromatic rings. The van der Waals surface area contributed by atoms with Crippen LogP contribution in [0.1, 0.15) is 11.6 Å². The highest BCUT2D eigenvalue weighted by molar-refractivity contribution is 9.10. The number of nitrogens with one attached hydrogen (secondary N) is 1. The van der Waals surface area contributed by atoms with E-state index in [1.807, 2.05) is 0 Å². The van der Waals surface area contributed by atoms with Crippen LogP contribution in [0.2, 0.25) is 0 Å². The molecular weight excluding hydrogens is 286 g/mol. The third-order valence-corrected chi connectivity index (χ3v) is 2.77. The highest BCUT2D eigenvalue weighted by Gasteiger charge is 2.17. The molecule has 1 rings (SSSR count). The van der Waals surface area contributed by atoms with E-state index in [0.717, 1.165) is 10.0 Å². The van der Waals surface area contributed by atoms with E-state index >= 15 is 0 Å². The van der Waals surface area contributed by atoms with Gasteiger partial charge in [-0.25, -0.2) is 5.01 Å². The van der Waals surface area contributed by atoms with Crippen LogP contribution in [0.5, 0.6) is 5.75 Å². The lowest BCUT2D eigenvalue weighted by molar-refractivity contribution is -0.126. The lowest BCUT2D eigenvalue weighted by Crippen LogP contribution is -2.41. The van der Waals surface area contributed by atoms with Gasteiger partial charge in [-0.3, -0.25) is 10.2 Å². The second-order valence-electron chi connectivity index (χ2n) is 3.74. The van der Waals surface area contributed by atoms with Gasteiger partial charge in [0, 0.05) is 14.1 Å². The summed E-state index contributed by atoms with van der Waals surface area (Å²) in [6.45, 7) is 0. The molecule has 0 saturated carbocycles. The van der Waals surface area contributed by atoms with Crippen molar-refractivity contribution in [1.82, 2.24) is 10.4 Å². The summed E-state index contributed by atoms with van der Waals surface area (Å²) in [4.78, 5) is 11.7. The Balaban J connectivity index is 2.85. The first-order valence-electron chi connectivity index (χ1n) is 5.02. The van der Waals surface area contributed by atoms with E-state index in [2.05, 4.69) is 21.4 Å². The third-order valence-electron chi connectivity index (χ3n) is 2.15. The summed E-state index contributed by atoms with van der Waals surface area (Å²) in [6.07, 6.45) is 0. The van der Waals surface area contributed by atoms with Crippen molar-refractivity contribution in [3.8, 4) is 5.75 Å². The van der Waals surface area contributed by atoms with Crippen molar-refractivity contribution in [1.29, 1.82) is 0 Å². The van der Waals surface area contributed by atoms with Crippen LogP contribution in [0.25, 0.3) is 0 Å². The molecule has 1 atom stereocenters. The molecule has 1 unspecified atom stereocenters. The van der Waals surface area contributed by atoms with Crippen LogP contribution >= 0.6 is 15.9 Å². The van der Waals surface area contributed by atoms with Crippen LogP contribution in [0, 0.1) is 0 Å². The Morgan fingerprint density at radius 2 is 2.18 bits per heavy atom. The molecule has 1 aromatic carbocycles. The average molecular weight is 302 g/mol. The summed E-state index contributed by atoms with van der Waals surface area (Å²) < 4.78 is 5.88. The van der Waals surface area contributed by atoms with Crippen LogP contribution in [-0.2, 0) is 4.79 Å². The van der Waals surface area contributed by atoms with Gasteiger partial charge in [0.25, 0.3) is 5.91 Å². The molecule has 17 heavy (non-hydrogen) atoms. The lowest BCUT2D eigenvalue weighted by atomic mass is 10.1. The second-order valence-corrected chi connectivity index (χ2v) is 4.60. The fourth-order valence-electron chi connectivity index (χ4n) is 1.32. The molecule has 0 aromatic heterocycles. The number of methoxy groups -OCH3 is 1. The van der Waals surface area contributed by atoms with Gasteiger partial charge in [-0.1, -0.05) is 6.07 Å². The maximum atomic E-state index is 11.7. The van der Waals surface area contributed by atoms with E-state index in [0.29, 0.717) is 5.75 Å². The normalized spacial score (nSPS) is 12.4. The number of carbonyl (C=O) groups is 1. The van der Waals surface area contributed by atoms with Crippen molar-refractivity contribution < 1.29 is 9.53 Å². The van der Waals surface area contributed by atoms with E-state index < -0.39 is 6.04 Å². The Hall–Kier alpha value is -1.11. The number of rotatable bonds is 4. The highest BCUT2D eigenvalue weighted by atomic mass is 79.9. The summed E-state index contributed by atoms with van der Waals surface area (Å²) in [6, 6.07) is 4.60. The molecule has 0 radical (unpaired) electrons. The first-order chi connectivity index (χ1) is 7.95. The molecule has 0 saturated heterocycles. The van der Waals surface area contributed by atoms with Crippen molar-refractivity contribution in [3.63, 3.8) is 0 Å². The van der Waals surface area contributed by atoms with Crippen molar-refractivity contribution >= 4 is 21.8 Å². The lowest BCUT2D eigenvalue weighted by Gasteiger charge is -2.17. The van der Waals surface area contributed by atoms with Crippen LogP contribution in [0.15, 0.2) is 22.7 Å². The maximum Gasteiger partial charge on any atom is 0.255 e. The molecule has 94 valence electrons. The maximum absolute atomic E-state index is 11.7. The minimum Gasteiger partial charge on any atom is -0.496 e. The Kier molecular flexibility index (Phi) is 4.92. The Labute approximate surface area is 109 Å². The third kappa shape index (κ3) is 3.69. The van der Waals surface area contributed by atoms with E-state index in [9.17, 15) is 4.79 Å². The zero-order valence-electron chi connectivity index (χ0n) is 10.0. The number of nitrogens with zero attached hydrogens (tertiary/aromatic N) is 1. The van der Waals surface area contributed by atoms with Gasteiger partial charge in [0.15, 0.2) is 0 Å². The molecule has 5 nitrogen and oxygen atoms in total. The van der Waals surface area contributed by atoms with Crippen molar-refractivity contribution in [2.24, 2.45) is 5.73 Å². The van der Waals surface area contributed by atoms with Gasteiger partial charge in [0.1, 0.15) is 11.8 Å². The topological polar surface area (TPSA) is 67.6 Å². The zero-order chi connectivity index (χ0) is 13.0. The number of hydrogen-bond acceptors (Lipinski definition) is 4. The van der Waals surface area contributed by atoms with Crippen LogP contribution < -0.4 is 15.9 Å². The number of nitrogens with two attached hydrogens (primary N) is 1. The van der Waals surface area contributed by atoms with Crippen molar-refractivity contribution in [2.45, 2.75) is 6.04 Å². The summed E-state index contributed by atoms with van der Waals surface area (Å²) in [5, 5.41) is 1.56. The molecule has 1 amide bonds. The fraction of sp³-hybridized carbons (Fsp3) is 0.364. The standard InChI is InChI=1S/C11H16BrN3O2/c1-15(2)14-11(16)10(13)7-4-5-9(17-3)8(12)6-7/h4-6,10H,13H2,1-3H3,(H,14,16). The second kappa shape index (κ2) is 6.00. The van der Waals surface area contributed by atoms with Gasteiger partial charge < -0.3 is 10.5 Å². The molecule has 3 N–H and O–H groups in total. The summed E-state index contributed by atoms with van der Waals surface area (Å²) in [7, 11) is 5.04. The number of hydrogen-bond donors (Lipinski definition) is 2. The van der Waals surface area contributed by atoms with E-state index in [1.165, 1.54) is 0 Å². The predicted octanol–water partition coefficient (Wildman–Crippen LogP) is 1.05. The molecule has 0 spiro atoms. The first-order valence-corrected chi connectivity index (χ1v) is 5.82. The first kappa shape index (κ1) is 14.0. The van der Waals surface area contributed by atoms with Gasteiger partial charge in [-0.05, 0) is 33.6 Å². The summed E-state index contributed by atoms with van der Waals surface area (Å²) in [5.74, 6) is 0.445. The smallest absolute Gasteiger partial charge is 0.255 e. The summed E-state index contributed by atoms with van der Waals surface area (Å²) in [5.41, 5.74) is 9.18. The minimum atomic E-state index is -0.709. The average Bonchev–Trinajstić information content (AvgIpc) is 2.27. The molecule has 0 aliphatic carbocycles. The molecule has 0 aliphatic rings. The van der Waals surface area contributed by atoms with Gasteiger partial charge in [-0.15, -0.1) is 0 Å². The Bertz CT molecular complexity index is 410. The number of halogens is 1. The van der Waals surface area contributed by atoms with E-state index in [4.69, 9.17) is 10.5 Å². The summed E-state index contributed by atoms with van der Waals surface area (Å²) >= 11 is 3.35. The Morgan fingerprint density at radius 1 is 1.53 bits per heavy atom. The molecule has 0 bridgehead atoms. The molecular formula is C11H16BrN3O2. The minimum absolute atomic E-state index is 0.257. The number of ether oxygens (including phenoxy) is 1. The Morgan fingerprint density at radius 3 is 2.65 bits per heavy atom. The number of carbonyl (C=O) groups excluding carboxylic acids is 1. The monoisotopic (exact) mass is 301 g/mol. The fourth-order valence-corrected chi connectivity index (χ4v) is 1.88. The molecule has 0 aliphatic heterocycles. The number of benzene rings is 1. The molecule has 0 heterocycles. The van der Waals surface area contributed by atoms with E-state index in [1.54, 1.807) is 44.4 Å². The van der Waals surface area contributed by atoms with E-state index in [-0.39, 0.29) is 5.91 Å². The van der Waals surface area contributed by atoms with Gasteiger partial charge >= 0.3 is 0 Å². The predicted molar refractivity (Wildman–Crippen MR) is 69.5 cm³/mol. The largest absolute Gasteiger partial charge is 0.496 e. The van der Waals surface area contributed by atoms with Crippen LogP contribution in [-0.4, -0.2) is 32.1 Å². The number of hydrazine groups is 1. The number of amides is 1. The van der Waals surface area contributed by atoms with Crippen molar-refractivity contribution in [2.75, 3.05) is 21.2 Å². The molecule has 0 fully saturated rings. The van der Waals surface area contributed by atoms with Gasteiger partial charge in [-0.2, -0.15) is 0 Å². The SMILES string of the molecule is COc1ccc(C(N)C(=O)NN(C)C)cc1Br. The van der Waals surface area contributed by atoms with Crippen molar-refractivity contribution in [3.05, 3.63) is 28.2 Å². The van der Waals surface area contributed by atoms with Gasteiger partial charge in [0.05, 0.1) is 11.6 Å². The highest BCUT2D eigenvalue weighted by Crippen LogP contribution is 2.27. The van der Waals surface area contributed by atoms with Crippen LogP contribution in [0.4, 0.5) is 0 Å². The van der Waals surface area contributed by atoms with Gasteiger partial charge in [0.2, 0.25) is 0 Å². The molecule has 6 heteroatoms. The van der Waals surface area contributed by atoms with Crippen LogP contribution in [0.3, 0.4) is 0 Å². The quantitative estimate of drug-likeness (QED) is 0.816. The zero-order valence-corrected chi connectivity index (χ0v) is 11.6.